The van der Waals surface area contributed by atoms with Gasteiger partial charge in [-0.3, -0.25) is 4.79 Å². The first-order valence-corrected chi connectivity index (χ1v) is 10.1. The van der Waals surface area contributed by atoms with Gasteiger partial charge in [0.2, 0.25) is 10.0 Å². The van der Waals surface area contributed by atoms with E-state index in [9.17, 15) is 18.0 Å². The Balaban J connectivity index is 2.96. The number of carbonyl (C=O) groups is 2. The van der Waals surface area contributed by atoms with Crippen LogP contribution in [-0.2, 0) is 19.6 Å². The lowest BCUT2D eigenvalue weighted by atomic mass is 10.2. The molecule has 146 valence electrons. The van der Waals surface area contributed by atoms with Gasteiger partial charge in [-0.25, -0.2) is 17.9 Å². The second kappa shape index (κ2) is 9.14. The number of rotatable bonds is 8. The smallest absolute Gasteiger partial charge is 0.338 e. The van der Waals surface area contributed by atoms with Gasteiger partial charge in [0.15, 0.2) is 6.10 Å². The molecule has 7 nitrogen and oxygen atoms in total. The summed E-state index contributed by atoms with van der Waals surface area (Å²) in [6.45, 7) is 11.0. The maximum atomic E-state index is 12.5. The van der Waals surface area contributed by atoms with Crippen molar-refractivity contribution in [3.63, 3.8) is 0 Å². The summed E-state index contributed by atoms with van der Waals surface area (Å²) in [5.41, 5.74) is 0.0734. The molecule has 0 fully saturated rings. The van der Waals surface area contributed by atoms with Crippen LogP contribution in [0.3, 0.4) is 0 Å². The summed E-state index contributed by atoms with van der Waals surface area (Å²) in [4.78, 5) is 26.5. The number of esters is 1. The molecule has 8 heteroatoms. The highest BCUT2D eigenvalue weighted by molar-refractivity contribution is 7.89. The van der Waals surface area contributed by atoms with Gasteiger partial charge in [0.05, 0.1) is 10.5 Å². The van der Waals surface area contributed by atoms with Crippen LogP contribution in [-0.4, -0.2) is 49.9 Å². The number of nitrogens with one attached hydrogen (secondary N) is 1. The highest BCUT2D eigenvalue weighted by Crippen LogP contribution is 2.15. The molecule has 0 radical (unpaired) electrons. The van der Waals surface area contributed by atoms with Crippen molar-refractivity contribution in [2.24, 2.45) is 0 Å². The Morgan fingerprint density at radius 1 is 1.12 bits per heavy atom. The van der Waals surface area contributed by atoms with Crippen LogP contribution in [0.5, 0.6) is 0 Å². The minimum Gasteiger partial charge on any atom is -0.449 e. The van der Waals surface area contributed by atoms with E-state index in [1.165, 1.54) is 31.2 Å². The molecule has 1 aromatic rings. The van der Waals surface area contributed by atoms with Crippen LogP contribution < -0.4 is 4.72 Å². The topological polar surface area (TPSA) is 92.8 Å². The van der Waals surface area contributed by atoms with Crippen molar-refractivity contribution in [1.82, 2.24) is 9.62 Å². The molecule has 1 amide bonds. The van der Waals surface area contributed by atoms with Crippen LogP contribution in [0.1, 0.15) is 51.9 Å². The van der Waals surface area contributed by atoms with Crippen molar-refractivity contribution in [3.8, 4) is 0 Å². The van der Waals surface area contributed by atoms with E-state index in [-0.39, 0.29) is 35.0 Å². The van der Waals surface area contributed by atoms with E-state index in [1.807, 2.05) is 27.7 Å². The summed E-state index contributed by atoms with van der Waals surface area (Å²) in [5, 5.41) is 0. The lowest BCUT2D eigenvalue weighted by Crippen LogP contribution is -2.47. The van der Waals surface area contributed by atoms with Crippen molar-refractivity contribution in [2.45, 2.75) is 64.6 Å². The first kappa shape index (κ1) is 22.1. The molecule has 0 saturated heterocycles. The number of hydrogen-bond acceptors (Lipinski definition) is 5. The van der Waals surface area contributed by atoms with E-state index in [1.54, 1.807) is 11.8 Å². The minimum absolute atomic E-state index is 0.0289. The maximum absolute atomic E-state index is 12.5. The third-order valence-electron chi connectivity index (χ3n) is 3.71. The van der Waals surface area contributed by atoms with Gasteiger partial charge in [-0.1, -0.05) is 13.0 Å². The molecule has 1 aromatic carbocycles. The fourth-order valence-corrected chi connectivity index (χ4v) is 3.74. The molecular weight excluding hydrogens is 356 g/mol. The lowest BCUT2D eigenvalue weighted by molar-refractivity contribution is -0.143. The molecule has 1 rings (SSSR count). The molecule has 1 atom stereocenters. The van der Waals surface area contributed by atoms with Crippen LogP contribution in [0.15, 0.2) is 29.2 Å². The van der Waals surface area contributed by atoms with E-state index in [0.717, 1.165) is 0 Å². The molecule has 26 heavy (non-hydrogen) atoms. The fraction of sp³-hybridized carbons (Fsp3) is 0.556. The second-order valence-corrected chi connectivity index (χ2v) is 8.28. The van der Waals surface area contributed by atoms with E-state index in [0.29, 0.717) is 0 Å². The van der Waals surface area contributed by atoms with Gasteiger partial charge in [0, 0.05) is 18.6 Å². The molecule has 0 aromatic heterocycles. The fourth-order valence-electron chi connectivity index (χ4n) is 2.66. The zero-order chi connectivity index (χ0) is 20.1. The van der Waals surface area contributed by atoms with E-state index >= 15 is 0 Å². The third-order valence-corrected chi connectivity index (χ3v) is 5.26. The summed E-state index contributed by atoms with van der Waals surface area (Å²) < 4.78 is 31.7. The molecule has 0 bridgehead atoms. The Hall–Kier alpha value is -1.93. The molecule has 0 aliphatic heterocycles. The summed E-state index contributed by atoms with van der Waals surface area (Å²) in [6.07, 6.45) is -0.971. The Morgan fingerprint density at radius 3 is 2.19 bits per heavy atom. The van der Waals surface area contributed by atoms with Crippen LogP contribution in [0, 0.1) is 0 Å². The van der Waals surface area contributed by atoms with Crippen LogP contribution >= 0.6 is 0 Å². The maximum Gasteiger partial charge on any atom is 0.338 e. The largest absolute Gasteiger partial charge is 0.449 e. The SMILES string of the molecule is CCNS(=O)(=O)c1cccc(C(=O)OC(C)C(=O)N(C(C)C)C(C)C)c1. The van der Waals surface area contributed by atoms with Crippen molar-refractivity contribution >= 4 is 21.9 Å². The second-order valence-electron chi connectivity index (χ2n) is 6.51. The Labute approximate surface area is 155 Å². The van der Waals surface area contributed by atoms with Gasteiger partial charge in [-0.05, 0) is 52.8 Å². The third kappa shape index (κ3) is 5.54. The zero-order valence-electron chi connectivity index (χ0n) is 16.1. The number of carbonyl (C=O) groups excluding carboxylic acids is 2. The van der Waals surface area contributed by atoms with Gasteiger partial charge < -0.3 is 9.64 Å². The van der Waals surface area contributed by atoms with Crippen molar-refractivity contribution in [1.29, 1.82) is 0 Å². The molecule has 0 saturated carbocycles. The van der Waals surface area contributed by atoms with Crippen LogP contribution in [0.2, 0.25) is 0 Å². The van der Waals surface area contributed by atoms with Gasteiger partial charge in [-0.2, -0.15) is 0 Å². The highest BCUT2D eigenvalue weighted by atomic mass is 32.2. The molecular formula is C18H28N2O5S. The lowest BCUT2D eigenvalue weighted by Gasteiger charge is -2.32. The summed E-state index contributed by atoms with van der Waals surface area (Å²) in [6, 6.07) is 5.48. The zero-order valence-corrected chi connectivity index (χ0v) is 17.0. The van der Waals surface area contributed by atoms with Crippen molar-refractivity contribution < 1.29 is 22.7 Å². The predicted molar refractivity (Wildman–Crippen MR) is 99.3 cm³/mol. The molecule has 0 spiro atoms. The molecule has 1 unspecified atom stereocenters. The number of benzene rings is 1. The van der Waals surface area contributed by atoms with Gasteiger partial charge in [-0.15, -0.1) is 0 Å². The van der Waals surface area contributed by atoms with E-state index < -0.39 is 22.1 Å². The normalized spacial score (nSPS) is 12.9. The van der Waals surface area contributed by atoms with Gasteiger partial charge >= 0.3 is 5.97 Å². The predicted octanol–water partition coefficient (Wildman–Crippen LogP) is 2.18. The number of ether oxygens (including phenoxy) is 1. The van der Waals surface area contributed by atoms with Crippen LogP contribution in [0.25, 0.3) is 0 Å². The van der Waals surface area contributed by atoms with E-state index in [4.69, 9.17) is 4.74 Å². The Kier molecular flexibility index (Phi) is 7.77. The van der Waals surface area contributed by atoms with E-state index in [2.05, 4.69) is 4.72 Å². The number of sulfonamides is 1. The van der Waals surface area contributed by atoms with Crippen LogP contribution in [0.4, 0.5) is 0 Å². The van der Waals surface area contributed by atoms with Gasteiger partial charge in [0.25, 0.3) is 5.91 Å². The quantitative estimate of drug-likeness (QED) is 0.694. The summed E-state index contributed by atoms with van der Waals surface area (Å²) >= 11 is 0. The Bertz CT molecular complexity index is 736. The number of hydrogen-bond donors (Lipinski definition) is 1. The monoisotopic (exact) mass is 384 g/mol. The summed E-state index contributed by atoms with van der Waals surface area (Å²) in [7, 11) is -3.68. The van der Waals surface area contributed by atoms with Gasteiger partial charge in [0.1, 0.15) is 0 Å². The number of nitrogens with zero attached hydrogens (tertiary/aromatic N) is 1. The first-order valence-electron chi connectivity index (χ1n) is 8.64. The highest BCUT2D eigenvalue weighted by Gasteiger charge is 2.28. The average Bonchev–Trinajstić information content (AvgIpc) is 2.54. The standard InChI is InChI=1S/C18H28N2O5S/c1-7-19-26(23,24)16-10-8-9-15(11-16)18(22)25-14(6)17(21)20(12(2)3)13(4)5/h8-14,19H,7H2,1-6H3. The van der Waals surface area contributed by atoms with Crippen molar-refractivity contribution in [2.75, 3.05) is 6.54 Å². The Morgan fingerprint density at radius 2 is 1.69 bits per heavy atom. The first-order chi connectivity index (χ1) is 12.0. The average molecular weight is 384 g/mol. The number of amides is 1. The molecule has 0 aliphatic rings. The molecule has 0 heterocycles. The minimum atomic E-state index is -3.68. The summed E-state index contributed by atoms with van der Waals surface area (Å²) in [5.74, 6) is -1.04. The molecule has 0 aliphatic carbocycles. The molecule has 1 N–H and O–H groups in total. The van der Waals surface area contributed by atoms with Crippen molar-refractivity contribution in [3.05, 3.63) is 29.8 Å².